The van der Waals surface area contributed by atoms with Gasteiger partial charge in [0.05, 0.1) is 10.7 Å². The van der Waals surface area contributed by atoms with Crippen LogP contribution in [0.1, 0.15) is 12.5 Å². The van der Waals surface area contributed by atoms with E-state index >= 15 is 0 Å². The van der Waals surface area contributed by atoms with Gasteiger partial charge in [-0.25, -0.2) is 14.4 Å². The molecule has 0 spiro atoms. The zero-order chi connectivity index (χ0) is 13.1. The van der Waals surface area contributed by atoms with E-state index in [9.17, 15) is 4.39 Å². The number of nitrogens with zero attached hydrogens (tertiary/aromatic N) is 2. The third-order valence-electron chi connectivity index (χ3n) is 2.54. The molecule has 0 radical (unpaired) electrons. The second-order valence-electron chi connectivity index (χ2n) is 3.67. The van der Waals surface area contributed by atoms with E-state index in [1.807, 2.05) is 6.92 Å². The molecule has 0 aliphatic carbocycles. The lowest BCUT2D eigenvalue weighted by atomic mass is 10.2. The molecular formula is C12H12ClFN4. The Labute approximate surface area is 109 Å². The molecule has 0 unspecified atom stereocenters. The van der Waals surface area contributed by atoms with Crippen LogP contribution in [0.25, 0.3) is 0 Å². The maximum atomic E-state index is 13.8. The summed E-state index contributed by atoms with van der Waals surface area (Å²) in [5.41, 5.74) is 6.75. The van der Waals surface area contributed by atoms with Crippen LogP contribution in [0.4, 0.5) is 21.7 Å². The van der Waals surface area contributed by atoms with Crippen molar-refractivity contribution in [3.8, 4) is 0 Å². The molecule has 0 amide bonds. The van der Waals surface area contributed by atoms with Crippen molar-refractivity contribution in [1.82, 2.24) is 9.97 Å². The number of nitrogen functional groups attached to an aromatic ring is 1. The van der Waals surface area contributed by atoms with E-state index in [1.165, 1.54) is 12.4 Å². The molecule has 3 N–H and O–H groups in total. The Morgan fingerprint density at radius 2 is 2.17 bits per heavy atom. The van der Waals surface area contributed by atoms with Crippen molar-refractivity contribution in [1.29, 1.82) is 0 Å². The SMILES string of the molecule is CCc1c(N)ncnc1Nc1cccc(Cl)c1F. The predicted molar refractivity (Wildman–Crippen MR) is 70.5 cm³/mol. The second-order valence-corrected chi connectivity index (χ2v) is 4.07. The third-order valence-corrected chi connectivity index (χ3v) is 2.83. The largest absolute Gasteiger partial charge is 0.383 e. The van der Waals surface area contributed by atoms with Gasteiger partial charge < -0.3 is 11.1 Å². The normalized spacial score (nSPS) is 10.4. The average Bonchev–Trinajstić information content (AvgIpc) is 2.35. The molecule has 0 aliphatic heterocycles. The van der Waals surface area contributed by atoms with Gasteiger partial charge in [-0.15, -0.1) is 0 Å². The fraction of sp³-hybridized carbons (Fsp3) is 0.167. The van der Waals surface area contributed by atoms with Crippen LogP contribution < -0.4 is 11.1 Å². The minimum Gasteiger partial charge on any atom is -0.383 e. The van der Waals surface area contributed by atoms with Gasteiger partial charge >= 0.3 is 0 Å². The van der Waals surface area contributed by atoms with Gasteiger partial charge in [-0.1, -0.05) is 24.6 Å². The quantitative estimate of drug-likeness (QED) is 0.896. The lowest BCUT2D eigenvalue weighted by molar-refractivity contribution is 0.632. The summed E-state index contributed by atoms with van der Waals surface area (Å²) in [5, 5.41) is 2.94. The van der Waals surface area contributed by atoms with Crippen LogP contribution in [-0.4, -0.2) is 9.97 Å². The molecule has 0 atom stereocenters. The molecule has 1 heterocycles. The molecule has 0 saturated heterocycles. The van der Waals surface area contributed by atoms with Crippen LogP contribution >= 0.6 is 11.6 Å². The third kappa shape index (κ3) is 2.36. The van der Waals surface area contributed by atoms with Crippen LogP contribution in [0.5, 0.6) is 0 Å². The predicted octanol–water partition coefficient (Wildman–Crippen LogP) is 3.16. The smallest absolute Gasteiger partial charge is 0.165 e. The molecule has 4 nitrogen and oxygen atoms in total. The van der Waals surface area contributed by atoms with Gasteiger partial charge in [-0.2, -0.15) is 0 Å². The first-order chi connectivity index (χ1) is 8.63. The lowest BCUT2D eigenvalue weighted by Gasteiger charge is -2.11. The highest BCUT2D eigenvalue weighted by molar-refractivity contribution is 6.31. The van der Waals surface area contributed by atoms with E-state index in [4.69, 9.17) is 17.3 Å². The van der Waals surface area contributed by atoms with Gasteiger partial charge in [0.15, 0.2) is 5.82 Å². The van der Waals surface area contributed by atoms with Gasteiger partial charge in [0, 0.05) is 5.56 Å². The van der Waals surface area contributed by atoms with E-state index in [1.54, 1.807) is 12.1 Å². The molecule has 0 saturated carbocycles. The molecule has 0 aliphatic rings. The minimum absolute atomic E-state index is 0.0556. The van der Waals surface area contributed by atoms with Gasteiger partial charge in [-0.05, 0) is 18.6 Å². The second kappa shape index (κ2) is 5.18. The summed E-state index contributed by atoms with van der Waals surface area (Å²) in [6.07, 6.45) is 1.98. The lowest BCUT2D eigenvalue weighted by Crippen LogP contribution is -2.05. The van der Waals surface area contributed by atoms with E-state index in [0.717, 1.165) is 5.56 Å². The highest BCUT2D eigenvalue weighted by Gasteiger charge is 2.11. The minimum atomic E-state index is -0.515. The van der Waals surface area contributed by atoms with Crippen LogP contribution in [0.2, 0.25) is 5.02 Å². The molecule has 6 heteroatoms. The number of anilines is 3. The Balaban J connectivity index is 2.40. The summed E-state index contributed by atoms with van der Waals surface area (Å²) in [6.45, 7) is 1.93. The van der Waals surface area contributed by atoms with Crippen LogP contribution in [0.3, 0.4) is 0 Å². The van der Waals surface area contributed by atoms with E-state index in [-0.39, 0.29) is 10.7 Å². The molecule has 18 heavy (non-hydrogen) atoms. The zero-order valence-electron chi connectivity index (χ0n) is 9.74. The van der Waals surface area contributed by atoms with Gasteiger partial charge in [0.1, 0.15) is 18.0 Å². The Kier molecular flexibility index (Phi) is 3.62. The molecular weight excluding hydrogens is 255 g/mol. The number of aromatic nitrogens is 2. The van der Waals surface area contributed by atoms with Crippen molar-refractivity contribution in [3.05, 3.63) is 40.9 Å². The van der Waals surface area contributed by atoms with Crippen LogP contribution in [0, 0.1) is 5.82 Å². The van der Waals surface area contributed by atoms with Gasteiger partial charge in [0.2, 0.25) is 0 Å². The van der Waals surface area contributed by atoms with E-state index in [0.29, 0.717) is 18.1 Å². The maximum Gasteiger partial charge on any atom is 0.165 e. The number of hydrogen-bond donors (Lipinski definition) is 2. The summed E-state index contributed by atoms with van der Waals surface area (Å²) < 4.78 is 13.8. The summed E-state index contributed by atoms with van der Waals surface area (Å²) in [7, 11) is 0. The van der Waals surface area contributed by atoms with Crippen molar-refractivity contribution in [2.24, 2.45) is 0 Å². The topological polar surface area (TPSA) is 63.8 Å². The Bertz CT molecular complexity index is 574. The molecule has 1 aromatic heterocycles. The Morgan fingerprint density at radius 1 is 1.39 bits per heavy atom. The summed E-state index contributed by atoms with van der Waals surface area (Å²) in [5.74, 6) is 0.363. The number of rotatable bonds is 3. The number of benzene rings is 1. The number of hydrogen-bond acceptors (Lipinski definition) is 4. The molecule has 2 rings (SSSR count). The number of halogens is 2. The van der Waals surface area contributed by atoms with Crippen molar-refractivity contribution in [2.45, 2.75) is 13.3 Å². The van der Waals surface area contributed by atoms with Gasteiger partial charge in [0.25, 0.3) is 0 Å². The summed E-state index contributed by atoms with van der Waals surface area (Å²) in [4.78, 5) is 7.96. The van der Waals surface area contributed by atoms with Crippen molar-refractivity contribution >= 4 is 28.9 Å². The number of nitrogens with one attached hydrogen (secondary N) is 1. The summed E-state index contributed by atoms with van der Waals surface area (Å²) in [6, 6.07) is 4.72. The van der Waals surface area contributed by atoms with Gasteiger partial charge in [-0.3, -0.25) is 0 Å². The molecule has 94 valence electrons. The Hall–Kier alpha value is -1.88. The average molecular weight is 267 g/mol. The fourth-order valence-electron chi connectivity index (χ4n) is 1.61. The zero-order valence-corrected chi connectivity index (χ0v) is 10.5. The highest BCUT2D eigenvalue weighted by atomic mass is 35.5. The molecule has 0 bridgehead atoms. The van der Waals surface area contributed by atoms with Crippen LogP contribution in [0.15, 0.2) is 24.5 Å². The maximum absolute atomic E-state index is 13.8. The molecule has 0 fully saturated rings. The Morgan fingerprint density at radius 3 is 2.89 bits per heavy atom. The standard InChI is InChI=1S/C12H12ClFN4/c1-2-7-11(15)16-6-17-12(7)18-9-5-3-4-8(13)10(9)14/h3-6H,2H2,1H3,(H3,15,16,17,18). The highest BCUT2D eigenvalue weighted by Crippen LogP contribution is 2.27. The van der Waals surface area contributed by atoms with Crippen molar-refractivity contribution in [2.75, 3.05) is 11.1 Å². The first-order valence-corrected chi connectivity index (χ1v) is 5.81. The number of nitrogens with two attached hydrogens (primary N) is 1. The molecule has 2 aromatic rings. The fourth-order valence-corrected chi connectivity index (χ4v) is 1.78. The first kappa shape index (κ1) is 12.6. The summed E-state index contributed by atoms with van der Waals surface area (Å²) >= 11 is 5.71. The van der Waals surface area contributed by atoms with E-state index in [2.05, 4.69) is 15.3 Å². The van der Waals surface area contributed by atoms with E-state index < -0.39 is 5.82 Å². The van der Waals surface area contributed by atoms with Crippen molar-refractivity contribution in [3.63, 3.8) is 0 Å². The molecule has 1 aromatic carbocycles. The first-order valence-electron chi connectivity index (χ1n) is 5.43. The monoisotopic (exact) mass is 266 g/mol. The van der Waals surface area contributed by atoms with Crippen molar-refractivity contribution < 1.29 is 4.39 Å². The van der Waals surface area contributed by atoms with Crippen LogP contribution in [-0.2, 0) is 6.42 Å².